The fourth-order valence-corrected chi connectivity index (χ4v) is 3.50. The van der Waals surface area contributed by atoms with Crippen LogP contribution in [0.15, 0.2) is 48.5 Å². The molecule has 3 aromatic rings. The smallest absolute Gasteiger partial charge is 0.123 e. The zero-order valence-corrected chi connectivity index (χ0v) is 12.5. The van der Waals surface area contributed by atoms with Crippen LogP contribution in [-0.4, -0.2) is 14.8 Å². The third-order valence-corrected chi connectivity index (χ3v) is 4.52. The topological polar surface area (TPSA) is 45.4 Å². The van der Waals surface area contributed by atoms with Crippen LogP contribution >= 0.6 is 0 Å². The van der Waals surface area contributed by atoms with Crippen molar-refractivity contribution in [3.05, 3.63) is 76.7 Å². The second kappa shape index (κ2) is 5.33. The molecule has 0 spiro atoms. The lowest BCUT2D eigenvalue weighted by Gasteiger charge is -2.11. The average Bonchev–Trinajstić information content (AvgIpc) is 3.09. The minimum absolute atomic E-state index is 0.125. The highest BCUT2D eigenvalue weighted by Gasteiger charge is 2.29. The molecular formula is C19H16FNO2. The second-order valence-corrected chi connectivity index (χ2v) is 5.72. The Labute approximate surface area is 133 Å². The maximum absolute atomic E-state index is 13.3. The summed E-state index contributed by atoms with van der Waals surface area (Å²) in [5.41, 5.74) is 6.37. The summed E-state index contributed by atoms with van der Waals surface area (Å²) in [6.07, 6.45) is 0.722. The van der Waals surface area contributed by atoms with Crippen LogP contribution < -0.4 is 0 Å². The number of halogens is 1. The van der Waals surface area contributed by atoms with Gasteiger partial charge in [0.15, 0.2) is 0 Å². The molecule has 2 heterocycles. The molecule has 2 N–H and O–H groups in total. The summed E-state index contributed by atoms with van der Waals surface area (Å²) in [6, 6.07) is 14.3. The van der Waals surface area contributed by atoms with E-state index < -0.39 is 0 Å². The van der Waals surface area contributed by atoms with Crippen LogP contribution in [0.3, 0.4) is 0 Å². The number of fused-ring (bicyclic) bond motifs is 3. The number of aliphatic hydroxyl groups excluding tert-OH is 2. The highest BCUT2D eigenvalue weighted by Crippen LogP contribution is 2.41. The Bertz CT molecular complexity index is 881. The molecular weight excluding hydrogens is 293 g/mol. The lowest BCUT2D eigenvalue weighted by Crippen LogP contribution is -1.97. The van der Waals surface area contributed by atoms with Crippen LogP contribution in [0, 0.1) is 5.82 Å². The molecule has 0 bridgehead atoms. The van der Waals surface area contributed by atoms with Gasteiger partial charge in [-0.3, -0.25) is 0 Å². The summed E-state index contributed by atoms with van der Waals surface area (Å²) in [5.74, 6) is -0.296. The molecule has 116 valence electrons. The summed E-state index contributed by atoms with van der Waals surface area (Å²) in [6.45, 7) is -0.287. The Morgan fingerprint density at radius 1 is 0.913 bits per heavy atom. The molecule has 4 rings (SSSR count). The number of hydrogen-bond acceptors (Lipinski definition) is 2. The van der Waals surface area contributed by atoms with Crippen LogP contribution in [0.25, 0.3) is 16.9 Å². The molecule has 0 saturated carbocycles. The molecule has 0 atom stereocenters. The van der Waals surface area contributed by atoms with Gasteiger partial charge < -0.3 is 14.8 Å². The van der Waals surface area contributed by atoms with E-state index in [1.165, 1.54) is 17.7 Å². The van der Waals surface area contributed by atoms with Gasteiger partial charge in [0.25, 0.3) is 0 Å². The minimum Gasteiger partial charge on any atom is -0.392 e. The van der Waals surface area contributed by atoms with Crippen molar-refractivity contribution in [2.75, 3.05) is 0 Å². The Morgan fingerprint density at radius 2 is 1.61 bits per heavy atom. The van der Waals surface area contributed by atoms with E-state index in [9.17, 15) is 14.6 Å². The highest BCUT2D eigenvalue weighted by atomic mass is 19.1. The molecule has 0 unspecified atom stereocenters. The third-order valence-electron chi connectivity index (χ3n) is 4.52. The summed E-state index contributed by atoms with van der Waals surface area (Å²) in [7, 11) is 0. The van der Waals surface area contributed by atoms with E-state index in [2.05, 4.69) is 10.6 Å². The molecule has 1 aliphatic heterocycles. The van der Waals surface area contributed by atoms with E-state index in [-0.39, 0.29) is 19.0 Å². The molecule has 4 heteroatoms. The molecule has 0 amide bonds. The van der Waals surface area contributed by atoms with Crippen molar-refractivity contribution >= 4 is 0 Å². The summed E-state index contributed by atoms with van der Waals surface area (Å²) in [5, 5.41) is 19.7. The van der Waals surface area contributed by atoms with Crippen LogP contribution in [0.4, 0.5) is 4.39 Å². The van der Waals surface area contributed by atoms with Gasteiger partial charge in [-0.05, 0) is 41.5 Å². The number of aliphatic hydroxyl groups is 2. The van der Waals surface area contributed by atoms with Gasteiger partial charge >= 0.3 is 0 Å². The number of nitrogens with zero attached hydrogens (tertiary/aromatic N) is 1. The lowest BCUT2D eigenvalue weighted by molar-refractivity contribution is 0.260. The first kappa shape index (κ1) is 14.2. The molecule has 1 aliphatic rings. The van der Waals surface area contributed by atoms with Gasteiger partial charge in [0.2, 0.25) is 0 Å². The number of rotatable bonds is 3. The minimum atomic E-state index is -0.296. The SMILES string of the molecule is OCc1c(CO)c(-c2ccc(F)cc2)n2c1Cc1ccccc1-2. The van der Waals surface area contributed by atoms with Crippen molar-refractivity contribution in [1.82, 2.24) is 4.57 Å². The van der Waals surface area contributed by atoms with E-state index in [1.54, 1.807) is 12.1 Å². The maximum Gasteiger partial charge on any atom is 0.123 e. The van der Waals surface area contributed by atoms with E-state index in [1.807, 2.05) is 18.2 Å². The third kappa shape index (κ3) is 2.03. The summed E-state index contributed by atoms with van der Waals surface area (Å²) < 4.78 is 15.4. The van der Waals surface area contributed by atoms with Crippen molar-refractivity contribution in [3.8, 4) is 16.9 Å². The van der Waals surface area contributed by atoms with Gasteiger partial charge in [-0.2, -0.15) is 0 Å². The van der Waals surface area contributed by atoms with Crippen molar-refractivity contribution in [1.29, 1.82) is 0 Å². The molecule has 0 aliphatic carbocycles. The van der Waals surface area contributed by atoms with Gasteiger partial charge in [0, 0.05) is 28.9 Å². The standard InChI is InChI=1S/C19H16FNO2/c20-14-7-5-12(6-8-14)19-16(11-23)15(10-22)18-9-13-3-1-2-4-17(13)21(18)19/h1-8,22-23H,9-11H2. The lowest BCUT2D eigenvalue weighted by atomic mass is 10.0. The first-order chi connectivity index (χ1) is 11.2. The Hall–Kier alpha value is -2.43. The molecule has 3 nitrogen and oxygen atoms in total. The second-order valence-electron chi connectivity index (χ2n) is 5.72. The number of para-hydroxylation sites is 1. The van der Waals surface area contributed by atoms with Gasteiger partial charge in [-0.1, -0.05) is 18.2 Å². The molecule has 23 heavy (non-hydrogen) atoms. The first-order valence-corrected chi connectivity index (χ1v) is 7.56. The normalized spacial score (nSPS) is 12.3. The van der Waals surface area contributed by atoms with Gasteiger partial charge in [0.1, 0.15) is 5.82 Å². The summed E-state index contributed by atoms with van der Waals surface area (Å²) >= 11 is 0. The van der Waals surface area contributed by atoms with Crippen LogP contribution in [0.1, 0.15) is 22.4 Å². The monoisotopic (exact) mass is 309 g/mol. The largest absolute Gasteiger partial charge is 0.392 e. The Kier molecular flexibility index (Phi) is 3.29. The molecule has 2 aromatic carbocycles. The van der Waals surface area contributed by atoms with E-state index in [0.717, 1.165) is 34.6 Å². The van der Waals surface area contributed by atoms with Crippen molar-refractivity contribution in [3.63, 3.8) is 0 Å². The number of aromatic nitrogens is 1. The van der Waals surface area contributed by atoms with Gasteiger partial charge in [0.05, 0.1) is 18.9 Å². The quantitative estimate of drug-likeness (QED) is 0.610. The first-order valence-electron chi connectivity index (χ1n) is 7.56. The zero-order chi connectivity index (χ0) is 16.0. The predicted octanol–water partition coefficient (Wildman–Crippen LogP) is 3.17. The average molecular weight is 309 g/mol. The molecule has 0 radical (unpaired) electrons. The molecule has 0 saturated heterocycles. The van der Waals surface area contributed by atoms with Crippen LogP contribution in [0.5, 0.6) is 0 Å². The van der Waals surface area contributed by atoms with Gasteiger partial charge in [-0.15, -0.1) is 0 Å². The Morgan fingerprint density at radius 3 is 2.30 bits per heavy atom. The molecule has 1 aromatic heterocycles. The van der Waals surface area contributed by atoms with Crippen molar-refractivity contribution in [2.24, 2.45) is 0 Å². The fourth-order valence-electron chi connectivity index (χ4n) is 3.50. The van der Waals surface area contributed by atoms with Crippen LogP contribution in [0.2, 0.25) is 0 Å². The van der Waals surface area contributed by atoms with Crippen molar-refractivity contribution in [2.45, 2.75) is 19.6 Å². The number of hydrogen-bond donors (Lipinski definition) is 2. The zero-order valence-electron chi connectivity index (χ0n) is 12.5. The number of benzene rings is 2. The van der Waals surface area contributed by atoms with E-state index in [4.69, 9.17) is 0 Å². The highest BCUT2D eigenvalue weighted by molar-refractivity contribution is 5.73. The fraction of sp³-hybridized carbons (Fsp3) is 0.158. The maximum atomic E-state index is 13.3. The Balaban J connectivity index is 2.04. The summed E-state index contributed by atoms with van der Waals surface area (Å²) in [4.78, 5) is 0. The predicted molar refractivity (Wildman–Crippen MR) is 85.8 cm³/mol. The van der Waals surface area contributed by atoms with Crippen LogP contribution in [-0.2, 0) is 19.6 Å². The molecule has 0 fully saturated rings. The van der Waals surface area contributed by atoms with Gasteiger partial charge in [-0.25, -0.2) is 4.39 Å². The van der Waals surface area contributed by atoms with E-state index in [0.29, 0.717) is 5.56 Å². The van der Waals surface area contributed by atoms with E-state index >= 15 is 0 Å². The van der Waals surface area contributed by atoms with Crippen molar-refractivity contribution < 1.29 is 14.6 Å².